The van der Waals surface area contributed by atoms with Gasteiger partial charge in [-0.1, -0.05) is 30.3 Å². The molecule has 5 rings (SSSR count). The Balaban J connectivity index is 1.29. The molecular formula is C28H28FN3O3. The summed E-state index contributed by atoms with van der Waals surface area (Å²) >= 11 is 0. The average molecular weight is 474 g/mol. The second-order valence-corrected chi connectivity index (χ2v) is 8.93. The molecule has 3 aromatic carbocycles. The Morgan fingerprint density at radius 3 is 2.29 bits per heavy atom. The van der Waals surface area contributed by atoms with Crippen LogP contribution >= 0.6 is 0 Å². The van der Waals surface area contributed by atoms with Crippen molar-refractivity contribution in [1.29, 1.82) is 0 Å². The number of rotatable bonds is 6. The normalized spacial score (nSPS) is 16.3. The fourth-order valence-electron chi connectivity index (χ4n) is 4.92. The Bertz CT molecular complexity index is 1200. The van der Waals surface area contributed by atoms with Gasteiger partial charge in [-0.2, -0.15) is 0 Å². The first-order valence-electron chi connectivity index (χ1n) is 11.8. The minimum absolute atomic E-state index is 0.00235. The maximum atomic E-state index is 13.6. The number of ether oxygens (including phenoxy) is 1. The number of hydrogen-bond donors (Lipinski definition) is 0. The van der Waals surface area contributed by atoms with Crippen LogP contribution in [0.25, 0.3) is 0 Å². The first kappa shape index (κ1) is 22.9. The Morgan fingerprint density at radius 2 is 1.63 bits per heavy atom. The summed E-state index contributed by atoms with van der Waals surface area (Å²) in [6.45, 7) is 3.11. The minimum Gasteiger partial charge on any atom is -0.497 e. The molecule has 180 valence electrons. The molecule has 0 aliphatic carbocycles. The molecule has 1 unspecified atom stereocenters. The first-order valence-corrected chi connectivity index (χ1v) is 11.8. The maximum absolute atomic E-state index is 13.6. The molecule has 0 saturated carbocycles. The van der Waals surface area contributed by atoms with E-state index in [0.29, 0.717) is 25.2 Å². The van der Waals surface area contributed by atoms with Crippen LogP contribution in [0.1, 0.15) is 33.9 Å². The fraction of sp³-hybridized carbons (Fsp3) is 0.286. The lowest BCUT2D eigenvalue weighted by Crippen LogP contribution is -2.49. The highest BCUT2D eigenvalue weighted by molar-refractivity contribution is 5.98. The van der Waals surface area contributed by atoms with Crippen LogP contribution in [0.15, 0.2) is 72.8 Å². The van der Waals surface area contributed by atoms with E-state index in [9.17, 15) is 14.0 Å². The molecule has 35 heavy (non-hydrogen) atoms. The van der Waals surface area contributed by atoms with Gasteiger partial charge in [0.05, 0.1) is 19.6 Å². The maximum Gasteiger partial charge on any atom is 0.255 e. The predicted octanol–water partition coefficient (Wildman–Crippen LogP) is 4.27. The summed E-state index contributed by atoms with van der Waals surface area (Å²) < 4.78 is 18.9. The van der Waals surface area contributed by atoms with Crippen molar-refractivity contribution >= 4 is 17.5 Å². The smallest absolute Gasteiger partial charge is 0.255 e. The van der Waals surface area contributed by atoms with Crippen LogP contribution in [0.5, 0.6) is 5.75 Å². The van der Waals surface area contributed by atoms with Crippen LogP contribution in [0.2, 0.25) is 0 Å². The van der Waals surface area contributed by atoms with Crippen molar-refractivity contribution in [3.63, 3.8) is 0 Å². The molecule has 2 aliphatic heterocycles. The van der Waals surface area contributed by atoms with E-state index >= 15 is 0 Å². The van der Waals surface area contributed by atoms with Crippen molar-refractivity contribution in [2.24, 2.45) is 0 Å². The zero-order valence-electron chi connectivity index (χ0n) is 19.7. The molecule has 0 radical (unpaired) electrons. The summed E-state index contributed by atoms with van der Waals surface area (Å²) in [5, 5.41) is 0. The molecule has 2 heterocycles. The van der Waals surface area contributed by atoms with Crippen LogP contribution < -0.4 is 9.64 Å². The topological polar surface area (TPSA) is 53.1 Å². The number of piperazine rings is 1. The molecule has 0 aromatic heterocycles. The number of carbonyl (C=O) groups excluding carboxylic acids is 2. The Kier molecular flexibility index (Phi) is 6.40. The number of carbonyl (C=O) groups is 2. The standard InChI is InChI=1S/C28H28FN3O3/c1-35-24-12-10-23(11-13-24)30-14-16-31(17-15-30)27(33)18-26(20-6-8-22(29)9-7-20)32-19-21-4-2-3-5-25(21)28(32)34/h2-13,26H,14-19H2,1H3. The fourth-order valence-corrected chi connectivity index (χ4v) is 4.92. The molecule has 0 bridgehead atoms. The Labute approximate surface area is 204 Å². The van der Waals surface area contributed by atoms with Crippen molar-refractivity contribution in [3.05, 3.63) is 95.3 Å². The summed E-state index contributed by atoms with van der Waals surface area (Å²) in [6, 6.07) is 21.1. The third kappa shape index (κ3) is 4.71. The molecular weight excluding hydrogens is 445 g/mol. The van der Waals surface area contributed by atoms with Crippen LogP contribution in [-0.2, 0) is 11.3 Å². The largest absolute Gasteiger partial charge is 0.497 e. The third-order valence-corrected chi connectivity index (χ3v) is 6.92. The van der Waals surface area contributed by atoms with Gasteiger partial charge >= 0.3 is 0 Å². The minimum atomic E-state index is -0.456. The number of halogens is 1. The SMILES string of the molecule is COc1ccc(N2CCN(C(=O)CC(c3ccc(F)cc3)N3Cc4ccccc4C3=O)CC2)cc1. The van der Waals surface area contributed by atoms with Crippen LogP contribution in [-0.4, -0.2) is 54.9 Å². The number of amides is 2. The lowest BCUT2D eigenvalue weighted by atomic mass is 10.0. The van der Waals surface area contributed by atoms with Gasteiger partial charge in [0.1, 0.15) is 11.6 Å². The van der Waals surface area contributed by atoms with E-state index in [4.69, 9.17) is 4.74 Å². The molecule has 3 aromatic rings. The van der Waals surface area contributed by atoms with E-state index in [1.807, 2.05) is 53.4 Å². The molecule has 2 aliphatic rings. The van der Waals surface area contributed by atoms with Crippen LogP contribution in [0.4, 0.5) is 10.1 Å². The van der Waals surface area contributed by atoms with Gasteiger partial charge in [-0.05, 0) is 53.6 Å². The predicted molar refractivity (Wildman–Crippen MR) is 132 cm³/mol. The first-order chi connectivity index (χ1) is 17.0. The van der Waals surface area contributed by atoms with Gasteiger partial charge < -0.3 is 19.4 Å². The van der Waals surface area contributed by atoms with E-state index in [2.05, 4.69) is 4.90 Å². The molecule has 1 fully saturated rings. The van der Waals surface area contributed by atoms with Crippen molar-refractivity contribution in [1.82, 2.24) is 9.80 Å². The Hall–Kier alpha value is -3.87. The average Bonchev–Trinajstić information content (AvgIpc) is 3.24. The van der Waals surface area contributed by atoms with Gasteiger partial charge in [0.2, 0.25) is 5.91 Å². The van der Waals surface area contributed by atoms with Gasteiger partial charge in [0.25, 0.3) is 5.91 Å². The van der Waals surface area contributed by atoms with Gasteiger partial charge in [-0.15, -0.1) is 0 Å². The highest BCUT2D eigenvalue weighted by atomic mass is 19.1. The zero-order chi connectivity index (χ0) is 24.4. The second kappa shape index (κ2) is 9.78. The van der Waals surface area contributed by atoms with E-state index in [1.54, 1.807) is 24.1 Å². The van der Waals surface area contributed by atoms with Crippen LogP contribution in [0.3, 0.4) is 0 Å². The molecule has 6 nitrogen and oxygen atoms in total. The van der Waals surface area contributed by atoms with Gasteiger partial charge in [-0.25, -0.2) is 4.39 Å². The van der Waals surface area contributed by atoms with Gasteiger partial charge in [-0.3, -0.25) is 9.59 Å². The number of anilines is 1. The lowest BCUT2D eigenvalue weighted by molar-refractivity contribution is -0.132. The summed E-state index contributed by atoms with van der Waals surface area (Å²) in [7, 11) is 1.65. The molecule has 1 atom stereocenters. The molecule has 0 spiro atoms. The van der Waals surface area contributed by atoms with Crippen molar-refractivity contribution in [2.45, 2.75) is 19.0 Å². The monoisotopic (exact) mass is 473 g/mol. The van der Waals surface area contributed by atoms with E-state index < -0.39 is 6.04 Å². The quantitative estimate of drug-likeness (QED) is 0.537. The number of nitrogens with zero attached hydrogens (tertiary/aromatic N) is 3. The van der Waals surface area contributed by atoms with Crippen molar-refractivity contribution in [3.8, 4) is 5.75 Å². The van der Waals surface area contributed by atoms with Crippen LogP contribution in [0, 0.1) is 5.82 Å². The van der Waals surface area contributed by atoms with Gasteiger partial charge in [0.15, 0.2) is 0 Å². The Morgan fingerprint density at radius 1 is 0.943 bits per heavy atom. The van der Waals surface area contributed by atoms with Gasteiger partial charge in [0, 0.05) is 44.0 Å². The molecule has 7 heteroatoms. The second-order valence-electron chi connectivity index (χ2n) is 8.93. The van der Waals surface area contributed by atoms with E-state index in [0.717, 1.165) is 35.7 Å². The highest BCUT2D eigenvalue weighted by Crippen LogP contribution is 2.34. The van der Waals surface area contributed by atoms with Crippen molar-refractivity contribution in [2.75, 3.05) is 38.2 Å². The van der Waals surface area contributed by atoms with Crippen molar-refractivity contribution < 1.29 is 18.7 Å². The molecule has 0 N–H and O–H groups in total. The molecule has 2 amide bonds. The van der Waals surface area contributed by atoms with E-state index in [-0.39, 0.29) is 24.1 Å². The summed E-state index contributed by atoms with van der Waals surface area (Å²) in [6.07, 6.45) is 0.161. The zero-order valence-corrected chi connectivity index (χ0v) is 19.7. The van der Waals surface area contributed by atoms with E-state index in [1.165, 1.54) is 12.1 Å². The highest BCUT2D eigenvalue weighted by Gasteiger charge is 2.35. The number of fused-ring (bicyclic) bond motifs is 1. The summed E-state index contributed by atoms with van der Waals surface area (Å²) in [5.74, 6) is 0.377. The third-order valence-electron chi connectivity index (χ3n) is 6.92. The number of benzene rings is 3. The summed E-state index contributed by atoms with van der Waals surface area (Å²) in [4.78, 5) is 32.4. The molecule has 1 saturated heterocycles. The number of hydrogen-bond acceptors (Lipinski definition) is 4. The number of methoxy groups -OCH3 is 1. The lowest BCUT2D eigenvalue weighted by Gasteiger charge is -2.37. The summed E-state index contributed by atoms with van der Waals surface area (Å²) in [5.41, 5.74) is 3.48.